The molecule has 0 fully saturated rings. The van der Waals surface area contributed by atoms with Crippen LogP contribution in [0.4, 0.5) is 0 Å². The molecule has 0 unspecified atom stereocenters. The maximum absolute atomic E-state index is 8.75. The van der Waals surface area contributed by atoms with Gasteiger partial charge in [-0.2, -0.15) is 0 Å². The molecule has 19 heavy (non-hydrogen) atoms. The Balaban J connectivity index is 1.89. The molecule has 0 radical (unpaired) electrons. The summed E-state index contributed by atoms with van der Waals surface area (Å²) in [6, 6.07) is 14.9. The fourth-order valence-corrected chi connectivity index (χ4v) is 2.44. The van der Waals surface area contributed by atoms with Crippen LogP contribution in [-0.2, 0) is 6.54 Å². The number of para-hydroxylation sites is 1. The van der Waals surface area contributed by atoms with Crippen LogP contribution in [0.15, 0.2) is 42.5 Å². The highest BCUT2D eigenvalue weighted by Crippen LogP contribution is 2.25. The summed E-state index contributed by atoms with van der Waals surface area (Å²) in [7, 11) is 0. The molecule has 3 heteroatoms. The molecule has 0 aliphatic rings. The lowest BCUT2D eigenvalue weighted by Gasteiger charge is -2.04. The van der Waals surface area contributed by atoms with Crippen molar-refractivity contribution < 1.29 is 5.11 Å². The van der Waals surface area contributed by atoms with Gasteiger partial charge in [-0.25, -0.2) is 0 Å². The minimum Gasteiger partial charge on any atom is -0.396 e. The molecule has 0 amide bonds. The number of aliphatic hydroxyl groups is 1. The maximum atomic E-state index is 8.75. The number of nitrogens with one attached hydrogen (secondary N) is 2. The van der Waals surface area contributed by atoms with Crippen LogP contribution in [0, 0.1) is 0 Å². The third-order valence-corrected chi connectivity index (χ3v) is 3.41. The van der Waals surface area contributed by atoms with Gasteiger partial charge in [0.15, 0.2) is 0 Å². The van der Waals surface area contributed by atoms with Crippen LogP contribution in [0.2, 0.25) is 0 Å². The van der Waals surface area contributed by atoms with Gasteiger partial charge in [-0.3, -0.25) is 0 Å². The van der Waals surface area contributed by atoms with Crippen LogP contribution < -0.4 is 5.32 Å². The molecule has 0 bridgehead atoms. The monoisotopic (exact) mass is 254 g/mol. The first kappa shape index (κ1) is 12.2. The SMILES string of the molecule is OCCCNCc1ccc2[nH]c3ccccc3c2c1. The molecule has 3 N–H and O–H groups in total. The molecule has 3 rings (SSSR count). The van der Waals surface area contributed by atoms with Crippen molar-refractivity contribution in [1.29, 1.82) is 0 Å². The molecular weight excluding hydrogens is 236 g/mol. The summed E-state index contributed by atoms with van der Waals surface area (Å²) in [6.45, 7) is 1.94. The highest BCUT2D eigenvalue weighted by Gasteiger charge is 2.04. The molecule has 98 valence electrons. The second kappa shape index (κ2) is 5.43. The number of rotatable bonds is 5. The topological polar surface area (TPSA) is 48.0 Å². The molecule has 0 aliphatic carbocycles. The van der Waals surface area contributed by atoms with Gasteiger partial charge in [-0.15, -0.1) is 0 Å². The molecule has 0 atom stereocenters. The van der Waals surface area contributed by atoms with E-state index in [1.165, 1.54) is 27.4 Å². The van der Waals surface area contributed by atoms with Gasteiger partial charge >= 0.3 is 0 Å². The number of aliphatic hydroxyl groups excluding tert-OH is 1. The van der Waals surface area contributed by atoms with Crippen LogP contribution >= 0.6 is 0 Å². The van der Waals surface area contributed by atoms with Gasteiger partial charge in [0.25, 0.3) is 0 Å². The van der Waals surface area contributed by atoms with Gasteiger partial charge in [-0.1, -0.05) is 24.3 Å². The Bertz CT molecular complexity index is 687. The summed E-state index contributed by atoms with van der Waals surface area (Å²) >= 11 is 0. The van der Waals surface area contributed by atoms with E-state index in [4.69, 9.17) is 5.11 Å². The fraction of sp³-hybridized carbons (Fsp3) is 0.250. The quantitative estimate of drug-likeness (QED) is 0.613. The van der Waals surface area contributed by atoms with E-state index in [0.717, 1.165) is 19.5 Å². The number of hydrogen-bond acceptors (Lipinski definition) is 2. The van der Waals surface area contributed by atoms with Crippen LogP contribution in [0.1, 0.15) is 12.0 Å². The van der Waals surface area contributed by atoms with Crippen molar-refractivity contribution >= 4 is 21.8 Å². The summed E-state index contributed by atoms with van der Waals surface area (Å²) in [4.78, 5) is 3.43. The molecule has 1 heterocycles. The molecule has 3 nitrogen and oxygen atoms in total. The van der Waals surface area contributed by atoms with Crippen LogP contribution in [0.3, 0.4) is 0 Å². The van der Waals surface area contributed by atoms with Gasteiger partial charge in [0.05, 0.1) is 0 Å². The van der Waals surface area contributed by atoms with Crippen molar-refractivity contribution in [3.05, 3.63) is 48.0 Å². The number of aromatic amines is 1. The zero-order chi connectivity index (χ0) is 13.1. The molecule has 0 spiro atoms. The van der Waals surface area contributed by atoms with Crippen molar-refractivity contribution in [1.82, 2.24) is 10.3 Å². The first-order chi connectivity index (χ1) is 9.38. The summed E-state index contributed by atoms with van der Waals surface area (Å²) < 4.78 is 0. The average molecular weight is 254 g/mol. The van der Waals surface area contributed by atoms with E-state index in [1.807, 2.05) is 0 Å². The number of fused-ring (bicyclic) bond motifs is 3. The summed E-state index contributed by atoms with van der Waals surface area (Å²) in [5, 5.41) is 14.6. The minimum absolute atomic E-state index is 0.245. The van der Waals surface area contributed by atoms with E-state index in [0.29, 0.717) is 0 Å². The summed E-state index contributed by atoms with van der Waals surface area (Å²) in [5.74, 6) is 0. The number of aromatic nitrogens is 1. The minimum atomic E-state index is 0.245. The van der Waals surface area contributed by atoms with E-state index in [-0.39, 0.29) is 6.61 Å². The molecule has 1 aromatic heterocycles. The van der Waals surface area contributed by atoms with Gasteiger partial charge in [-0.05, 0) is 36.7 Å². The van der Waals surface area contributed by atoms with Crippen LogP contribution in [0.5, 0.6) is 0 Å². The van der Waals surface area contributed by atoms with Crippen molar-refractivity contribution in [3.8, 4) is 0 Å². The lowest BCUT2D eigenvalue weighted by molar-refractivity contribution is 0.286. The standard InChI is InChI=1S/C16H18N2O/c19-9-3-8-17-11-12-6-7-16-14(10-12)13-4-1-2-5-15(13)18-16/h1-2,4-7,10,17-19H,3,8-9,11H2. The Labute approximate surface area is 112 Å². The molecule has 0 saturated heterocycles. The molecular formula is C16H18N2O. The summed E-state index contributed by atoms with van der Waals surface area (Å²) in [6.07, 6.45) is 0.801. The van der Waals surface area contributed by atoms with E-state index in [1.54, 1.807) is 0 Å². The van der Waals surface area contributed by atoms with Crippen LogP contribution in [0.25, 0.3) is 21.8 Å². The Morgan fingerprint density at radius 1 is 1.00 bits per heavy atom. The third-order valence-electron chi connectivity index (χ3n) is 3.41. The largest absolute Gasteiger partial charge is 0.396 e. The Hall–Kier alpha value is -1.84. The van der Waals surface area contributed by atoms with Gasteiger partial charge < -0.3 is 15.4 Å². The highest BCUT2D eigenvalue weighted by molar-refractivity contribution is 6.07. The van der Waals surface area contributed by atoms with Crippen molar-refractivity contribution in [2.75, 3.05) is 13.2 Å². The van der Waals surface area contributed by atoms with Crippen molar-refractivity contribution in [2.24, 2.45) is 0 Å². The maximum Gasteiger partial charge on any atom is 0.0465 e. The number of H-pyrrole nitrogens is 1. The van der Waals surface area contributed by atoms with E-state index < -0.39 is 0 Å². The predicted octanol–water partition coefficient (Wildman–Crippen LogP) is 2.79. The Morgan fingerprint density at radius 3 is 2.74 bits per heavy atom. The fourth-order valence-electron chi connectivity index (χ4n) is 2.44. The van der Waals surface area contributed by atoms with E-state index >= 15 is 0 Å². The molecule has 2 aromatic carbocycles. The second-order valence-electron chi connectivity index (χ2n) is 4.80. The first-order valence-corrected chi connectivity index (χ1v) is 6.69. The summed E-state index contributed by atoms with van der Waals surface area (Å²) in [5.41, 5.74) is 3.64. The second-order valence-corrected chi connectivity index (χ2v) is 4.80. The third kappa shape index (κ3) is 2.48. The van der Waals surface area contributed by atoms with Gasteiger partial charge in [0.1, 0.15) is 0 Å². The number of hydrogen-bond donors (Lipinski definition) is 3. The van der Waals surface area contributed by atoms with Crippen molar-refractivity contribution in [3.63, 3.8) is 0 Å². The van der Waals surface area contributed by atoms with Gasteiger partial charge in [0, 0.05) is 35.0 Å². The normalized spacial score (nSPS) is 11.4. The lowest BCUT2D eigenvalue weighted by atomic mass is 10.1. The zero-order valence-corrected chi connectivity index (χ0v) is 10.8. The highest BCUT2D eigenvalue weighted by atomic mass is 16.3. The molecule has 0 saturated carbocycles. The molecule has 0 aliphatic heterocycles. The average Bonchev–Trinajstić information content (AvgIpc) is 2.82. The first-order valence-electron chi connectivity index (χ1n) is 6.69. The Morgan fingerprint density at radius 2 is 1.84 bits per heavy atom. The van der Waals surface area contributed by atoms with Crippen molar-refractivity contribution in [2.45, 2.75) is 13.0 Å². The lowest BCUT2D eigenvalue weighted by Crippen LogP contribution is -2.15. The van der Waals surface area contributed by atoms with E-state index in [9.17, 15) is 0 Å². The van der Waals surface area contributed by atoms with Gasteiger partial charge in [0.2, 0.25) is 0 Å². The predicted molar refractivity (Wildman–Crippen MR) is 79.2 cm³/mol. The Kier molecular flexibility index (Phi) is 3.49. The smallest absolute Gasteiger partial charge is 0.0465 e. The molecule has 3 aromatic rings. The van der Waals surface area contributed by atoms with Crippen LogP contribution in [-0.4, -0.2) is 23.2 Å². The van der Waals surface area contributed by atoms with E-state index in [2.05, 4.69) is 52.8 Å². The number of benzene rings is 2. The zero-order valence-electron chi connectivity index (χ0n) is 10.8.